The van der Waals surface area contributed by atoms with Gasteiger partial charge in [-0.2, -0.15) is 0 Å². The van der Waals surface area contributed by atoms with Gasteiger partial charge in [-0.3, -0.25) is 19.5 Å². The van der Waals surface area contributed by atoms with Crippen LogP contribution in [-0.2, 0) is 9.59 Å². The van der Waals surface area contributed by atoms with Crippen LogP contribution in [0.25, 0.3) is 0 Å². The number of carbonyl (C=O) groups excluding carboxylic acids is 2. The summed E-state index contributed by atoms with van der Waals surface area (Å²) in [5.74, 6) is 0.632. The molecule has 1 saturated heterocycles. The van der Waals surface area contributed by atoms with E-state index in [9.17, 15) is 9.59 Å². The molecule has 1 fully saturated rings. The largest absolute Gasteiger partial charge is 0.324 e. The Morgan fingerprint density at radius 3 is 2.43 bits per heavy atom. The molecule has 0 aromatic heterocycles. The Morgan fingerprint density at radius 1 is 0.967 bits per heavy atom. The lowest BCUT2D eigenvalue weighted by molar-refractivity contribution is -0.129. The van der Waals surface area contributed by atoms with E-state index in [4.69, 9.17) is 5.73 Å². The van der Waals surface area contributed by atoms with E-state index < -0.39 is 6.04 Å². The van der Waals surface area contributed by atoms with Gasteiger partial charge in [-0.1, -0.05) is 30.3 Å². The summed E-state index contributed by atoms with van der Waals surface area (Å²) in [5, 5.41) is 2.87. The molecule has 2 aromatic rings. The summed E-state index contributed by atoms with van der Waals surface area (Å²) in [4.78, 5) is 33.4. The summed E-state index contributed by atoms with van der Waals surface area (Å²) in [5.41, 5.74) is 8.48. The van der Waals surface area contributed by atoms with Crippen LogP contribution >= 0.6 is 0 Å². The maximum absolute atomic E-state index is 12.5. The van der Waals surface area contributed by atoms with Crippen LogP contribution in [0.3, 0.4) is 0 Å². The van der Waals surface area contributed by atoms with E-state index in [2.05, 4.69) is 15.2 Å². The minimum Gasteiger partial charge on any atom is -0.324 e. The van der Waals surface area contributed by atoms with E-state index in [1.807, 2.05) is 59.5 Å². The van der Waals surface area contributed by atoms with Gasteiger partial charge in [0, 0.05) is 37.4 Å². The number of benzene rings is 2. The number of guanidine groups is 1. The number of carbonyl (C=O) groups is 2. The zero-order chi connectivity index (χ0) is 20.9. The molecule has 0 aliphatic carbocycles. The molecule has 2 aromatic carbocycles. The lowest BCUT2D eigenvalue weighted by atomic mass is 10.1. The van der Waals surface area contributed by atoms with Gasteiger partial charge in [-0.15, -0.1) is 0 Å². The first-order chi connectivity index (χ1) is 14.6. The number of nitrogens with zero attached hydrogens (tertiary/aromatic N) is 3. The Balaban J connectivity index is 1.46. The number of amides is 2. The molecule has 0 spiro atoms. The quantitative estimate of drug-likeness (QED) is 0.818. The van der Waals surface area contributed by atoms with E-state index in [1.165, 1.54) is 0 Å². The molecule has 1 unspecified atom stereocenters. The number of hydrogen-bond acceptors (Lipinski definition) is 5. The third-order valence-electron chi connectivity index (χ3n) is 5.49. The lowest BCUT2D eigenvalue weighted by Crippen LogP contribution is -2.51. The third-order valence-corrected chi connectivity index (χ3v) is 5.49. The van der Waals surface area contributed by atoms with Gasteiger partial charge in [0.15, 0.2) is 0 Å². The van der Waals surface area contributed by atoms with Crippen molar-refractivity contribution in [2.75, 3.05) is 29.9 Å². The van der Waals surface area contributed by atoms with Gasteiger partial charge in [0.05, 0.1) is 0 Å². The van der Waals surface area contributed by atoms with Gasteiger partial charge < -0.3 is 16.0 Å². The highest BCUT2D eigenvalue weighted by molar-refractivity contribution is 6.06. The number of rotatable bonds is 4. The standard InChI is InChI=1S/C23H27N5O2/c24-21(17-7-2-1-3-8-17)22(30)26-18-10-12-19(13-11-18)27-16-6-14-25-23(27)28-15-5-4-9-20(28)29/h1-3,7-8,10-13,21H,4-6,9,14-16,24H2,(H,26,30). The SMILES string of the molecule is NC(C(=O)Nc1ccc(N2CCCN=C2N2CCCCC2=O)cc1)c1ccccc1. The van der Waals surface area contributed by atoms with Crippen LogP contribution in [-0.4, -0.2) is 42.3 Å². The van der Waals surface area contributed by atoms with Crippen LogP contribution in [0.2, 0.25) is 0 Å². The van der Waals surface area contributed by atoms with Crippen molar-refractivity contribution in [1.82, 2.24) is 4.90 Å². The molecule has 2 amide bonds. The number of hydrogen-bond donors (Lipinski definition) is 2. The fourth-order valence-corrected chi connectivity index (χ4v) is 3.84. The first-order valence-electron chi connectivity index (χ1n) is 10.5. The third kappa shape index (κ3) is 4.36. The summed E-state index contributed by atoms with van der Waals surface area (Å²) in [7, 11) is 0. The van der Waals surface area contributed by atoms with Crippen molar-refractivity contribution in [1.29, 1.82) is 0 Å². The van der Waals surface area contributed by atoms with Crippen LogP contribution in [0.15, 0.2) is 59.6 Å². The highest BCUT2D eigenvalue weighted by Gasteiger charge is 2.29. The maximum Gasteiger partial charge on any atom is 0.245 e. The average Bonchev–Trinajstić information content (AvgIpc) is 2.80. The minimum absolute atomic E-state index is 0.144. The first-order valence-corrected chi connectivity index (χ1v) is 10.5. The summed E-state index contributed by atoms with van der Waals surface area (Å²) in [6.07, 6.45) is 3.48. The number of likely N-dealkylation sites (tertiary alicyclic amines) is 1. The van der Waals surface area contributed by atoms with Crippen LogP contribution in [0.4, 0.5) is 11.4 Å². The molecule has 7 nitrogen and oxygen atoms in total. The second-order valence-corrected chi connectivity index (χ2v) is 7.61. The minimum atomic E-state index is -0.725. The van der Waals surface area contributed by atoms with Crippen molar-refractivity contribution >= 4 is 29.1 Å². The summed E-state index contributed by atoms with van der Waals surface area (Å²) in [6, 6.07) is 16.2. The number of piperidine rings is 1. The fourth-order valence-electron chi connectivity index (χ4n) is 3.84. The highest BCUT2D eigenvalue weighted by Crippen LogP contribution is 2.24. The van der Waals surface area contributed by atoms with E-state index in [0.717, 1.165) is 56.1 Å². The van der Waals surface area contributed by atoms with Crippen molar-refractivity contribution in [3.63, 3.8) is 0 Å². The van der Waals surface area contributed by atoms with Crippen molar-refractivity contribution in [2.45, 2.75) is 31.7 Å². The predicted molar refractivity (Wildman–Crippen MR) is 118 cm³/mol. The molecule has 2 aliphatic rings. The second kappa shape index (κ2) is 9.09. The smallest absolute Gasteiger partial charge is 0.245 e. The zero-order valence-corrected chi connectivity index (χ0v) is 17.0. The molecule has 30 heavy (non-hydrogen) atoms. The fraction of sp³-hybridized carbons (Fsp3) is 0.348. The first kappa shape index (κ1) is 20.1. The molecule has 2 heterocycles. The Bertz CT molecular complexity index is 926. The van der Waals surface area contributed by atoms with E-state index >= 15 is 0 Å². The predicted octanol–water partition coefficient (Wildman–Crippen LogP) is 2.90. The molecule has 0 bridgehead atoms. The van der Waals surface area contributed by atoms with Gasteiger partial charge in [0.1, 0.15) is 6.04 Å². The number of aliphatic imine (C=N–C) groups is 1. The highest BCUT2D eigenvalue weighted by atomic mass is 16.2. The second-order valence-electron chi connectivity index (χ2n) is 7.61. The topological polar surface area (TPSA) is 91.0 Å². The molecule has 156 valence electrons. The maximum atomic E-state index is 12.5. The molecule has 0 radical (unpaired) electrons. The lowest BCUT2D eigenvalue weighted by Gasteiger charge is -2.37. The summed E-state index contributed by atoms with van der Waals surface area (Å²) >= 11 is 0. The normalized spacial score (nSPS) is 18.0. The van der Waals surface area contributed by atoms with Gasteiger partial charge in [-0.05, 0) is 49.1 Å². The van der Waals surface area contributed by atoms with Crippen LogP contribution in [0.5, 0.6) is 0 Å². The van der Waals surface area contributed by atoms with E-state index in [-0.39, 0.29) is 11.8 Å². The Labute approximate surface area is 176 Å². The van der Waals surface area contributed by atoms with Crippen molar-refractivity contribution in [3.05, 3.63) is 60.2 Å². The molecule has 4 rings (SSSR count). The van der Waals surface area contributed by atoms with Crippen molar-refractivity contribution in [2.24, 2.45) is 10.7 Å². The van der Waals surface area contributed by atoms with Crippen molar-refractivity contribution < 1.29 is 9.59 Å². The molecule has 1 atom stereocenters. The summed E-state index contributed by atoms with van der Waals surface area (Å²) < 4.78 is 0. The van der Waals surface area contributed by atoms with Gasteiger partial charge in [0.2, 0.25) is 17.8 Å². The van der Waals surface area contributed by atoms with E-state index in [0.29, 0.717) is 12.1 Å². The molecular weight excluding hydrogens is 378 g/mol. The van der Waals surface area contributed by atoms with Crippen molar-refractivity contribution in [3.8, 4) is 0 Å². The zero-order valence-electron chi connectivity index (χ0n) is 17.0. The molecule has 2 aliphatic heterocycles. The van der Waals surface area contributed by atoms with Gasteiger partial charge in [-0.25, -0.2) is 0 Å². The van der Waals surface area contributed by atoms with Crippen LogP contribution in [0, 0.1) is 0 Å². The number of anilines is 2. The van der Waals surface area contributed by atoms with Gasteiger partial charge >= 0.3 is 0 Å². The molecular formula is C23H27N5O2. The Morgan fingerprint density at radius 2 is 1.70 bits per heavy atom. The average molecular weight is 406 g/mol. The summed E-state index contributed by atoms with van der Waals surface area (Å²) in [6.45, 7) is 2.27. The monoisotopic (exact) mass is 405 g/mol. The van der Waals surface area contributed by atoms with E-state index in [1.54, 1.807) is 0 Å². The Kier molecular flexibility index (Phi) is 6.09. The molecule has 0 saturated carbocycles. The molecule has 3 N–H and O–H groups in total. The van der Waals surface area contributed by atoms with Crippen LogP contribution < -0.4 is 16.0 Å². The Hall–Kier alpha value is -3.19. The molecule has 7 heteroatoms. The van der Waals surface area contributed by atoms with Crippen LogP contribution in [0.1, 0.15) is 37.3 Å². The number of nitrogens with one attached hydrogen (secondary N) is 1. The number of nitrogens with two attached hydrogens (primary N) is 1. The van der Waals surface area contributed by atoms with Gasteiger partial charge in [0.25, 0.3) is 0 Å².